The molecule has 1 heterocycles. The van der Waals surface area contributed by atoms with Gasteiger partial charge >= 0.3 is 5.97 Å². The van der Waals surface area contributed by atoms with Crippen LogP contribution in [-0.2, 0) is 11.3 Å². The molecule has 0 saturated carbocycles. The molecular weight excluding hydrogens is 206 g/mol. The number of nitrogens with one attached hydrogen (secondary N) is 1. The van der Waals surface area contributed by atoms with E-state index in [0.29, 0.717) is 18.8 Å². The van der Waals surface area contributed by atoms with Crippen LogP contribution in [0.25, 0.3) is 0 Å². The van der Waals surface area contributed by atoms with Crippen molar-refractivity contribution in [2.45, 2.75) is 13.5 Å². The quantitative estimate of drug-likeness (QED) is 0.766. The summed E-state index contributed by atoms with van der Waals surface area (Å²) in [7, 11) is 0. The first-order chi connectivity index (χ1) is 7.81. The number of hydrogen-bond acceptors (Lipinski definition) is 4. The van der Waals surface area contributed by atoms with Gasteiger partial charge in [0.1, 0.15) is 12.4 Å². The highest BCUT2D eigenvalue weighted by atomic mass is 16.5. The van der Waals surface area contributed by atoms with Crippen LogP contribution in [0, 0.1) is 0 Å². The molecule has 16 heavy (non-hydrogen) atoms. The molecule has 0 spiro atoms. The van der Waals surface area contributed by atoms with E-state index in [1.54, 1.807) is 13.0 Å². The van der Waals surface area contributed by atoms with Gasteiger partial charge in [-0.25, -0.2) is 4.79 Å². The second-order valence-corrected chi connectivity index (χ2v) is 3.57. The molecule has 0 radical (unpaired) electrons. The van der Waals surface area contributed by atoms with Gasteiger partial charge in [-0.2, -0.15) is 0 Å². The standard InChI is InChI=1S/C12H15NO3/c1-2-15-12(14)9-3-4-11-10(7-9)8-13-5-6-16-11/h3-4,7,13H,2,5-6,8H2,1H3. The normalized spacial score (nSPS) is 14.6. The van der Waals surface area contributed by atoms with Gasteiger partial charge in [-0.3, -0.25) is 0 Å². The van der Waals surface area contributed by atoms with Crippen LogP contribution in [-0.4, -0.2) is 25.7 Å². The highest BCUT2D eigenvalue weighted by Crippen LogP contribution is 2.21. The number of esters is 1. The maximum absolute atomic E-state index is 11.5. The van der Waals surface area contributed by atoms with E-state index in [4.69, 9.17) is 9.47 Å². The lowest BCUT2D eigenvalue weighted by molar-refractivity contribution is 0.0526. The largest absolute Gasteiger partial charge is 0.492 e. The van der Waals surface area contributed by atoms with E-state index < -0.39 is 0 Å². The van der Waals surface area contributed by atoms with Crippen molar-refractivity contribution in [1.29, 1.82) is 0 Å². The third-order valence-electron chi connectivity index (χ3n) is 2.42. The summed E-state index contributed by atoms with van der Waals surface area (Å²) in [6, 6.07) is 5.39. The van der Waals surface area contributed by atoms with Gasteiger partial charge in [0.05, 0.1) is 12.2 Å². The van der Waals surface area contributed by atoms with Crippen molar-refractivity contribution in [3.05, 3.63) is 29.3 Å². The second-order valence-electron chi connectivity index (χ2n) is 3.57. The van der Waals surface area contributed by atoms with Crippen molar-refractivity contribution in [1.82, 2.24) is 5.32 Å². The summed E-state index contributed by atoms with van der Waals surface area (Å²) in [4.78, 5) is 11.5. The third-order valence-corrected chi connectivity index (χ3v) is 2.42. The van der Waals surface area contributed by atoms with Gasteiger partial charge in [-0.05, 0) is 25.1 Å². The van der Waals surface area contributed by atoms with Gasteiger partial charge in [-0.15, -0.1) is 0 Å². The maximum atomic E-state index is 11.5. The number of carbonyl (C=O) groups is 1. The van der Waals surface area contributed by atoms with E-state index in [1.165, 1.54) is 0 Å². The Morgan fingerprint density at radius 2 is 2.44 bits per heavy atom. The van der Waals surface area contributed by atoms with Crippen molar-refractivity contribution in [2.24, 2.45) is 0 Å². The Labute approximate surface area is 94.6 Å². The fourth-order valence-corrected chi connectivity index (χ4v) is 1.66. The Hall–Kier alpha value is -1.55. The van der Waals surface area contributed by atoms with E-state index in [-0.39, 0.29) is 5.97 Å². The van der Waals surface area contributed by atoms with Crippen LogP contribution in [0.5, 0.6) is 5.75 Å². The number of hydrogen-bond donors (Lipinski definition) is 1. The lowest BCUT2D eigenvalue weighted by Crippen LogP contribution is -2.16. The first kappa shape index (κ1) is 11.0. The zero-order valence-electron chi connectivity index (χ0n) is 9.29. The SMILES string of the molecule is CCOC(=O)c1ccc2c(c1)CNCCO2. The monoisotopic (exact) mass is 221 g/mol. The van der Waals surface area contributed by atoms with E-state index in [2.05, 4.69) is 5.32 Å². The predicted molar refractivity (Wildman–Crippen MR) is 59.6 cm³/mol. The molecule has 0 fully saturated rings. The molecule has 0 saturated heterocycles. The van der Waals surface area contributed by atoms with E-state index >= 15 is 0 Å². The Morgan fingerprint density at radius 1 is 1.56 bits per heavy atom. The number of ether oxygens (including phenoxy) is 2. The molecule has 0 unspecified atom stereocenters. The lowest BCUT2D eigenvalue weighted by atomic mass is 10.1. The van der Waals surface area contributed by atoms with E-state index in [0.717, 1.165) is 24.4 Å². The predicted octanol–water partition coefficient (Wildman–Crippen LogP) is 1.35. The lowest BCUT2D eigenvalue weighted by Gasteiger charge is -2.08. The van der Waals surface area contributed by atoms with Crippen LogP contribution in [0.1, 0.15) is 22.8 Å². The van der Waals surface area contributed by atoms with Gasteiger partial charge < -0.3 is 14.8 Å². The molecule has 86 valence electrons. The molecule has 2 rings (SSSR count). The number of benzene rings is 1. The van der Waals surface area contributed by atoms with Crippen molar-refractivity contribution < 1.29 is 14.3 Å². The summed E-state index contributed by atoms with van der Waals surface area (Å²) >= 11 is 0. The number of rotatable bonds is 2. The van der Waals surface area contributed by atoms with Crippen LogP contribution in [0.15, 0.2) is 18.2 Å². The van der Waals surface area contributed by atoms with Gasteiger partial charge in [0.15, 0.2) is 0 Å². The Kier molecular flexibility index (Phi) is 3.41. The molecule has 0 amide bonds. The molecule has 4 nitrogen and oxygen atoms in total. The summed E-state index contributed by atoms with van der Waals surface area (Å²) < 4.78 is 10.5. The first-order valence-corrected chi connectivity index (χ1v) is 5.45. The molecule has 1 aromatic carbocycles. The molecule has 1 aliphatic heterocycles. The highest BCUT2D eigenvalue weighted by Gasteiger charge is 2.12. The molecule has 4 heteroatoms. The Bertz CT molecular complexity index is 390. The van der Waals surface area contributed by atoms with Crippen molar-refractivity contribution in [3.63, 3.8) is 0 Å². The van der Waals surface area contributed by atoms with Crippen molar-refractivity contribution in [3.8, 4) is 5.75 Å². The zero-order chi connectivity index (χ0) is 11.4. The number of carbonyl (C=O) groups excluding carboxylic acids is 1. The highest BCUT2D eigenvalue weighted by molar-refractivity contribution is 5.89. The molecule has 0 bridgehead atoms. The van der Waals surface area contributed by atoms with Crippen LogP contribution < -0.4 is 10.1 Å². The molecule has 1 aliphatic rings. The molecule has 1 N–H and O–H groups in total. The van der Waals surface area contributed by atoms with Gasteiger partial charge in [0.25, 0.3) is 0 Å². The average molecular weight is 221 g/mol. The summed E-state index contributed by atoms with van der Waals surface area (Å²) in [6.07, 6.45) is 0. The van der Waals surface area contributed by atoms with Crippen LogP contribution >= 0.6 is 0 Å². The minimum absolute atomic E-state index is 0.283. The third kappa shape index (κ3) is 2.33. The van der Waals surface area contributed by atoms with Gasteiger partial charge in [0, 0.05) is 18.7 Å². The van der Waals surface area contributed by atoms with Crippen LogP contribution in [0.3, 0.4) is 0 Å². The average Bonchev–Trinajstić information content (AvgIpc) is 2.53. The van der Waals surface area contributed by atoms with Gasteiger partial charge in [0.2, 0.25) is 0 Å². The van der Waals surface area contributed by atoms with Crippen molar-refractivity contribution >= 4 is 5.97 Å². The smallest absolute Gasteiger partial charge is 0.338 e. The second kappa shape index (κ2) is 4.99. The Balaban J connectivity index is 2.23. The minimum atomic E-state index is -0.283. The Morgan fingerprint density at radius 3 is 3.25 bits per heavy atom. The minimum Gasteiger partial charge on any atom is -0.492 e. The molecule has 0 atom stereocenters. The maximum Gasteiger partial charge on any atom is 0.338 e. The van der Waals surface area contributed by atoms with Gasteiger partial charge in [-0.1, -0.05) is 0 Å². The topological polar surface area (TPSA) is 47.6 Å². The molecule has 1 aromatic rings. The number of fused-ring (bicyclic) bond motifs is 1. The molecular formula is C12H15NO3. The first-order valence-electron chi connectivity index (χ1n) is 5.45. The summed E-state index contributed by atoms with van der Waals surface area (Å²) in [5.74, 6) is 0.563. The fraction of sp³-hybridized carbons (Fsp3) is 0.417. The van der Waals surface area contributed by atoms with Crippen LogP contribution in [0.4, 0.5) is 0 Å². The van der Waals surface area contributed by atoms with Crippen LogP contribution in [0.2, 0.25) is 0 Å². The van der Waals surface area contributed by atoms with E-state index in [9.17, 15) is 4.79 Å². The van der Waals surface area contributed by atoms with E-state index in [1.807, 2.05) is 12.1 Å². The summed E-state index contributed by atoms with van der Waals surface area (Å²) in [6.45, 7) is 4.40. The summed E-state index contributed by atoms with van der Waals surface area (Å²) in [5.41, 5.74) is 1.58. The zero-order valence-corrected chi connectivity index (χ0v) is 9.29. The molecule has 0 aromatic heterocycles. The summed E-state index contributed by atoms with van der Waals surface area (Å²) in [5, 5.41) is 3.22. The van der Waals surface area contributed by atoms with Crippen molar-refractivity contribution in [2.75, 3.05) is 19.8 Å². The fourth-order valence-electron chi connectivity index (χ4n) is 1.66. The molecule has 0 aliphatic carbocycles.